The van der Waals surface area contributed by atoms with Crippen molar-refractivity contribution in [2.75, 3.05) is 26.0 Å². The molecule has 0 spiro atoms. The molecular weight excluding hydrogens is 455 g/mol. The van der Waals surface area contributed by atoms with Crippen molar-refractivity contribution in [1.29, 1.82) is 0 Å². The van der Waals surface area contributed by atoms with Crippen LogP contribution in [0.4, 0.5) is 5.69 Å². The van der Waals surface area contributed by atoms with Gasteiger partial charge in [0, 0.05) is 38.3 Å². The van der Waals surface area contributed by atoms with Gasteiger partial charge in [-0.15, -0.1) is 24.0 Å². The second-order valence-corrected chi connectivity index (χ2v) is 5.79. The van der Waals surface area contributed by atoms with E-state index in [-0.39, 0.29) is 29.9 Å². The fourth-order valence-electron chi connectivity index (χ4n) is 2.53. The summed E-state index contributed by atoms with van der Waals surface area (Å²) in [6.07, 6.45) is 0.857. The Morgan fingerprint density at radius 1 is 1.07 bits per heavy atom. The van der Waals surface area contributed by atoms with Gasteiger partial charge in [-0.3, -0.25) is 9.79 Å². The molecule has 2 aromatic carbocycles. The molecule has 3 N–H and O–H groups in total. The molecule has 0 radical (unpaired) electrons. The Balaban J connectivity index is 0.00000364. The van der Waals surface area contributed by atoms with Gasteiger partial charge in [-0.05, 0) is 30.2 Å². The van der Waals surface area contributed by atoms with E-state index in [1.807, 2.05) is 48.5 Å². The molecule has 0 saturated carbocycles. The van der Waals surface area contributed by atoms with Crippen molar-refractivity contribution in [2.24, 2.45) is 4.99 Å². The lowest BCUT2D eigenvalue weighted by atomic mass is 10.1. The first kappa shape index (κ1) is 22.8. The van der Waals surface area contributed by atoms with E-state index in [0.717, 1.165) is 35.9 Å². The largest absolute Gasteiger partial charge is 0.496 e. The number of hydrogen-bond donors (Lipinski definition) is 3. The Morgan fingerprint density at radius 3 is 2.41 bits per heavy atom. The van der Waals surface area contributed by atoms with E-state index in [4.69, 9.17) is 4.74 Å². The fourth-order valence-corrected chi connectivity index (χ4v) is 2.53. The molecule has 0 aromatic heterocycles. The maximum absolute atomic E-state index is 11.0. The monoisotopic (exact) mass is 482 g/mol. The van der Waals surface area contributed by atoms with E-state index in [2.05, 4.69) is 20.9 Å². The third-order valence-electron chi connectivity index (χ3n) is 3.84. The molecule has 1 amide bonds. The lowest BCUT2D eigenvalue weighted by molar-refractivity contribution is -0.114. The summed E-state index contributed by atoms with van der Waals surface area (Å²) in [6, 6.07) is 15.7. The van der Waals surface area contributed by atoms with Crippen LogP contribution in [-0.4, -0.2) is 32.6 Å². The minimum Gasteiger partial charge on any atom is -0.496 e. The number of guanidine groups is 1. The number of para-hydroxylation sites is 1. The lowest BCUT2D eigenvalue weighted by Crippen LogP contribution is -2.37. The first-order valence-electron chi connectivity index (χ1n) is 8.55. The Morgan fingerprint density at radius 2 is 1.78 bits per heavy atom. The van der Waals surface area contributed by atoms with Gasteiger partial charge < -0.3 is 20.7 Å². The Bertz CT molecular complexity index is 748. The first-order chi connectivity index (χ1) is 12.6. The molecule has 0 fully saturated rings. The van der Waals surface area contributed by atoms with Gasteiger partial charge in [-0.2, -0.15) is 0 Å². The van der Waals surface area contributed by atoms with Gasteiger partial charge in [-0.25, -0.2) is 0 Å². The third-order valence-corrected chi connectivity index (χ3v) is 3.84. The van der Waals surface area contributed by atoms with Crippen LogP contribution in [0.1, 0.15) is 18.1 Å². The second kappa shape index (κ2) is 12.2. The first-order valence-corrected chi connectivity index (χ1v) is 8.55. The number of ether oxygens (including phenoxy) is 1. The Kier molecular flexibility index (Phi) is 10.2. The number of halogens is 1. The van der Waals surface area contributed by atoms with Crippen molar-refractivity contribution in [3.63, 3.8) is 0 Å². The van der Waals surface area contributed by atoms with E-state index in [1.165, 1.54) is 12.5 Å². The lowest BCUT2D eigenvalue weighted by Gasteiger charge is -2.14. The number of hydrogen-bond acceptors (Lipinski definition) is 3. The van der Waals surface area contributed by atoms with Crippen molar-refractivity contribution in [1.82, 2.24) is 10.6 Å². The minimum atomic E-state index is -0.0654. The van der Waals surface area contributed by atoms with Crippen LogP contribution in [0, 0.1) is 0 Å². The number of carbonyl (C=O) groups excluding carboxylic acids is 1. The number of nitrogens with zero attached hydrogens (tertiary/aromatic N) is 1. The molecular formula is C20H27IN4O2. The van der Waals surface area contributed by atoms with Crippen LogP contribution >= 0.6 is 24.0 Å². The van der Waals surface area contributed by atoms with Crippen LogP contribution < -0.4 is 20.7 Å². The number of nitrogens with one attached hydrogen (secondary N) is 3. The van der Waals surface area contributed by atoms with Gasteiger partial charge in [0.15, 0.2) is 5.96 Å². The Hall–Kier alpha value is -2.29. The quantitative estimate of drug-likeness (QED) is 0.322. The highest BCUT2D eigenvalue weighted by Gasteiger charge is 2.03. The molecule has 2 rings (SSSR count). The average molecular weight is 482 g/mol. The summed E-state index contributed by atoms with van der Waals surface area (Å²) in [5.41, 5.74) is 3.07. The molecule has 0 aliphatic carbocycles. The summed E-state index contributed by atoms with van der Waals surface area (Å²) in [6.45, 7) is 2.89. The van der Waals surface area contributed by atoms with Crippen molar-refractivity contribution >= 4 is 41.5 Å². The summed E-state index contributed by atoms with van der Waals surface area (Å²) < 4.78 is 5.36. The van der Waals surface area contributed by atoms with Gasteiger partial charge in [0.25, 0.3) is 0 Å². The molecule has 27 heavy (non-hydrogen) atoms. The number of amides is 1. The molecule has 2 aromatic rings. The normalized spacial score (nSPS) is 10.6. The van der Waals surface area contributed by atoms with Gasteiger partial charge >= 0.3 is 0 Å². The van der Waals surface area contributed by atoms with E-state index in [0.29, 0.717) is 6.54 Å². The molecule has 0 heterocycles. The smallest absolute Gasteiger partial charge is 0.221 e. The van der Waals surface area contributed by atoms with E-state index >= 15 is 0 Å². The maximum Gasteiger partial charge on any atom is 0.221 e. The number of rotatable bonds is 7. The summed E-state index contributed by atoms with van der Waals surface area (Å²) >= 11 is 0. The highest BCUT2D eigenvalue weighted by atomic mass is 127. The van der Waals surface area contributed by atoms with Gasteiger partial charge in [0.1, 0.15) is 5.75 Å². The number of benzene rings is 2. The van der Waals surface area contributed by atoms with Crippen LogP contribution in [0.2, 0.25) is 0 Å². The molecule has 7 heteroatoms. The van der Waals surface area contributed by atoms with Crippen molar-refractivity contribution < 1.29 is 9.53 Å². The van der Waals surface area contributed by atoms with E-state index in [9.17, 15) is 4.79 Å². The third kappa shape index (κ3) is 7.86. The average Bonchev–Trinajstić information content (AvgIpc) is 2.65. The predicted octanol–water partition coefficient (Wildman–Crippen LogP) is 3.18. The van der Waals surface area contributed by atoms with Crippen LogP contribution in [0.15, 0.2) is 53.5 Å². The summed E-state index contributed by atoms with van der Waals surface area (Å²) in [5.74, 6) is 1.53. The highest BCUT2D eigenvalue weighted by molar-refractivity contribution is 14.0. The topological polar surface area (TPSA) is 74.8 Å². The van der Waals surface area contributed by atoms with Crippen molar-refractivity contribution in [3.05, 3.63) is 59.7 Å². The minimum absolute atomic E-state index is 0. The molecule has 0 atom stereocenters. The molecule has 0 saturated heterocycles. The van der Waals surface area contributed by atoms with Crippen LogP contribution in [-0.2, 0) is 17.8 Å². The molecule has 146 valence electrons. The predicted molar refractivity (Wildman–Crippen MR) is 121 cm³/mol. The summed E-state index contributed by atoms with van der Waals surface area (Å²) in [4.78, 5) is 15.3. The van der Waals surface area contributed by atoms with Crippen molar-refractivity contribution in [2.45, 2.75) is 19.9 Å². The number of aliphatic imine (C=N–C) groups is 1. The number of carbonyl (C=O) groups is 1. The number of methoxy groups -OCH3 is 1. The molecule has 0 bridgehead atoms. The van der Waals surface area contributed by atoms with E-state index < -0.39 is 0 Å². The van der Waals surface area contributed by atoms with Gasteiger partial charge in [0.2, 0.25) is 5.91 Å². The zero-order chi connectivity index (χ0) is 18.8. The van der Waals surface area contributed by atoms with Gasteiger partial charge in [-0.1, -0.05) is 30.3 Å². The van der Waals surface area contributed by atoms with Gasteiger partial charge in [0.05, 0.1) is 7.11 Å². The van der Waals surface area contributed by atoms with Crippen LogP contribution in [0.3, 0.4) is 0 Å². The zero-order valence-electron chi connectivity index (χ0n) is 15.9. The Labute approximate surface area is 177 Å². The SMILES string of the molecule is CN=C(NCCc1ccc(NC(C)=O)cc1)NCc1ccccc1OC.I. The van der Waals surface area contributed by atoms with Crippen LogP contribution in [0.5, 0.6) is 5.75 Å². The number of anilines is 1. The summed E-state index contributed by atoms with van der Waals surface area (Å²) in [7, 11) is 3.42. The van der Waals surface area contributed by atoms with E-state index in [1.54, 1.807) is 14.2 Å². The zero-order valence-corrected chi connectivity index (χ0v) is 18.2. The highest BCUT2D eigenvalue weighted by Crippen LogP contribution is 2.16. The molecule has 0 aliphatic rings. The van der Waals surface area contributed by atoms with Crippen molar-refractivity contribution in [3.8, 4) is 5.75 Å². The van der Waals surface area contributed by atoms with Crippen LogP contribution in [0.25, 0.3) is 0 Å². The molecule has 0 unspecified atom stereocenters. The standard InChI is InChI=1S/C20H26N4O2.HI/c1-15(25)24-18-10-8-16(9-11-18)12-13-22-20(21-2)23-14-17-6-4-5-7-19(17)26-3;/h4-11H,12-14H2,1-3H3,(H,24,25)(H2,21,22,23);1H. The molecule has 0 aliphatic heterocycles. The fraction of sp³-hybridized carbons (Fsp3) is 0.300. The second-order valence-electron chi connectivity index (χ2n) is 5.79. The maximum atomic E-state index is 11.0. The summed E-state index contributed by atoms with van der Waals surface area (Å²) in [5, 5.41) is 9.35. The molecule has 6 nitrogen and oxygen atoms in total.